The van der Waals surface area contributed by atoms with Crippen LogP contribution >= 0.6 is 0 Å². The van der Waals surface area contributed by atoms with Gasteiger partial charge in [0.1, 0.15) is 5.82 Å². The molecule has 0 spiro atoms. The molecule has 0 fully saturated rings. The third-order valence-electron chi connectivity index (χ3n) is 3.54. The lowest BCUT2D eigenvalue weighted by molar-refractivity contribution is 0.367. The molecule has 0 amide bonds. The van der Waals surface area contributed by atoms with Crippen LogP contribution in [0.3, 0.4) is 0 Å². The smallest absolute Gasteiger partial charge is 0.123 e. The highest BCUT2D eigenvalue weighted by atomic mass is 19.1. The molecular weight excluding hydrogens is 213 g/mol. The Balaban J connectivity index is 2.73. The quantitative estimate of drug-likeness (QED) is 0.795. The van der Waals surface area contributed by atoms with Gasteiger partial charge in [0.05, 0.1) is 0 Å². The Bertz CT molecular complexity index is 349. The molecule has 1 nitrogen and oxygen atoms in total. The summed E-state index contributed by atoms with van der Waals surface area (Å²) in [4.78, 5) is 0. The third-order valence-corrected chi connectivity index (χ3v) is 3.54. The first-order valence-electron chi connectivity index (χ1n) is 6.56. The van der Waals surface area contributed by atoms with E-state index in [4.69, 9.17) is 0 Å². The summed E-state index contributed by atoms with van der Waals surface area (Å²) in [6.07, 6.45) is 2.17. The summed E-state index contributed by atoms with van der Waals surface area (Å²) < 4.78 is 13.0. The van der Waals surface area contributed by atoms with Crippen molar-refractivity contribution in [2.45, 2.75) is 46.6 Å². The average molecular weight is 237 g/mol. The average Bonchev–Trinajstić information content (AvgIpc) is 2.28. The highest BCUT2D eigenvalue weighted by Gasteiger charge is 2.16. The Hall–Kier alpha value is -0.890. The van der Waals surface area contributed by atoms with Crippen molar-refractivity contribution in [1.29, 1.82) is 0 Å². The van der Waals surface area contributed by atoms with Crippen molar-refractivity contribution in [1.82, 2.24) is 5.32 Å². The van der Waals surface area contributed by atoms with E-state index in [2.05, 4.69) is 26.1 Å². The molecule has 17 heavy (non-hydrogen) atoms. The first kappa shape index (κ1) is 14.2. The normalized spacial score (nSPS) is 14.6. The van der Waals surface area contributed by atoms with Crippen molar-refractivity contribution in [2.24, 2.45) is 5.92 Å². The molecule has 0 aromatic heterocycles. The van der Waals surface area contributed by atoms with E-state index >= 15 is 0 Å². The number of hydrogen-bond donors (Lipinski definition) is 1. The molecular formula is C15H24FN. The van der Waals surface area contributed by atoms with Crippen LogP contribution in [0.2, 0.25) is 0 Å². The zero-order valence-electron chi connectivity index (χ0n) is 11.4. The number of halogens is 1. The van der Waals surface area contributed by atoms with E-state index in [1.165, 1.54) is 5.56 Å². The van der Waals surface area contributed by atoms with Crippen LogP contribution in [-0.4, -0.2) is 12.6 Å². The summed E-state index contributed by atoms with van der Waals surface area (Å²) in [6, 6.07) is 5.62. The zero-order valence-corrected chi connectivity index (χ0v) is 11.4. The van der Waals surface area contributed by atoms with Crippen LogP contribution in [0.5, 0.6) is 0 Å². The highest BCUT2D eigenvalue weighted by Crippen LogP contribution is 2.19. The predicted octanol–water partition coefficient (Wildman–Crippen LogP) is 3.70. The van der Waals surface area contributed by atoms with Gasteiger partial charge in [0.2, 0.25) is 0 Å². The largest absolute Gasteiger partial charge is 0.314 e. The Kier molecular flexibility index (Phi) is 5.63. The monoisotopic (exact) mass is 237 g/mol. The highest BCUT2D eigenvalue weighted by molar-refractivity contribution is 5.27. The van der Waals surface area contributed by atoms with Gasteiger partial charge in [0.15, 0.2) is 0 Å². The minimum Gasteiger partial charge on any atom is -0.314 e. The zero-order chi connectivity index (χ0) is 12.8. The SMILES string of the molecule is CCNC(C)C(CC)Cc1ccc(F)cc1C. The molecule has 2 heteroatoms. The summed E-state index contributed by atoms with van der Waals surface area (Å²) >= 11 is 0. The van der Waals surface area contributed by atoms with Crippen LogP contribution in [0.15, 0.2) is 18.2 Å². The molecule has 2 atom stereocenters. The molecule has 0 saturated carbocycles. The fourth-order valence-corrected chi connectivity index (χ4v) is 2.33. The van der Waals surface area contributed by atoms with Gasteiger partial charge in [-0.2, -0.15) is 0 Å². The van der Waals surface area contributed by atoms with E-state index in [9.17, 15) is 4.39 Å². The Morgan fingerprint density at radius 2 is 2.00 bits per heavy atom. The Morgan fingerprint density at radius 3 is 2.53 bits per heavy atom. The molecule has 0 heterocycles. The van der Waals surface area contributed by atoms with E-state index in [1.54, 1.807) is 12.1 Å². The number of nitrogens with one attached hydrogen (secondary N) is 1. The van der Waals surface area contributed by atoms with Gasteiger partial charge in [-0.25, -0.2) is 4.39 Å². The maximum atomic E-state index is 13.0. The van der Waals surface area contributed by atoms with Crippen molar-refractivity contribution in [2.75, 3.05) is 6.54 Å². The van der Waals surface area contributed by atoms with Crippen LogP contribution in [0.4, 0.5) is 4.39 Å². The van der Waals surface area contributed by atoms with Crippen molar-refractivity contribution >= 4 is 0 Å². The van der Waals surface area contributed by atoms with Gasteiger partial charge in [-0.15, -0.1) is 0 Å². The topological polar surface area (TPSA) is 12.0 Å². The molecule has 0 aliphatic carbocycles. The molecule has 1 N–H and O–H groups in total. The minimum absolute atomic E-state index is 0.140. The molecule has 1 aromatic carbocycles. The lowest BCUT2D eigenvalue weighted by Gasteiger charge is -2.24. The van der Waals surface area contributed by atoms with Crippen molar-refractivity contribution in [3.8, 4) is 0 Å². The van der Waals surface area contributed by atoms with Crippen molar-refractivity contribution in [3.05, 3.63) is 35.1 Å². The van der Waals surface area contributed by atoms with Crippen LogP contribution in [-0.2, 0) is 6.42 Å². The molecule has 96 valence electrons. The van der Waals surface area contributed by atoms with Crippen LogP contribution in [0.25, 0.3) is 0 Å². The fraction of sp³-hybridized carbons (Fsp3) is 0.600. The van der Waals surface area contributed by atoms with E-state index in [1.807, 2.05) is 13.0 Å². The summed E-state index contributed by atoms with van der Waals surface area (Å²) in [5.41, 5.74) is 2.33. The second kappa shape index (κ2) is 6.75. The molecule has 0 aliphatic rings. The lowest BCUT2D eigenvalue weighted by Crippen LogP contribution is -2.34. The predicted molar refractivity (Wildman–Crippen MR) is 71.8 cm³/mol. The van der Waals surface area contributed by atoms with Crippen molar-refractivity contribution < 1.29 is 4.39 Å². The molecule has 1 aromatic rings. The van der Waals surface area contributed by atoms with E-state index in [-0.39, 0.29) is 5.82 Å². The summed E-state index contributed by atoms with van der Waals surface area (Å²) in [5, 5.41) is 3.47. The van der Waals surface area contributed by atoms with Crippen LogP contribution in [0.1, 0.15) is 38.3 Å². The minimum atomic E-state index is -0.140. The van der Waals surface area contributed by atoms with E-state index in [0.717, 1.165) is 24.9 Å². The van der Waals surface area contributed by atoms with Gasteiger partial charge in [0.25, 0.3) is 0 Å². The molecule has 1 rings (SSSR count). The molecule has 0 radical (unpaired) electrons. The summed E-state index contributed by atoms with van der Waals surface area (Å²) in [5.74, 6) is 0.471. The van der Waals surface area contributed by atoms with E-state index in [0.29, 0.717) is 12.0 Å². The molecule has 2 unspecified atom stereocenters. The maximum absolute atomic E-state index is 13.0. The molecule has 0 aliphatic heterocycles. The third kappa shape index (κ3) is 4.12. The lowest BCUT2D eigenvalue weighted by atomic mass is 9.89. The van der Waals surface area contributed by atoms with Gasteiger partial charge in [-0.05, 0) is 56.0 Å². The fourth-order valence-electron chi connectivity index (χ4n) is 2.33. The number of hydrogen-bond acceptors (Lipinski definition) is 1. The van der Waals surface area contributed by atoms with Gasteiger partial charge in [0, 0.05) is 6.04 Å². The summed E-state index contributed by atoms with van der Waals surface area (Å²) in [7, 11) is 0. The van der Waals surface area contributed by atoms with Gasteiger partial charge in [-0.3, -0.25) is 0 Å². The second-order valence-electron chi connectivity index (χ2n) is 4.79. The number of aryl methyl sites for hydroxylation is 1. The van der Waals surface area contributed by atoms with Crippen LogP contribution < -0.4 is 5.32 Å². The first-order valence-corrected chi connectivity index (χ1v) is 6.56. The number of rotatable bonds is 6. The molecule has 0 bridgehead atoms. The van der Waals surface area contributed by atoms with E-state index < -0.39 is 0 Å². The van der Waals surface area contributed by atoms with Gasteiger partial charge in [-0.1, -0.05) is 26.3 Å². The van der Waals surface area contributed by atoms with Gasteiger partial charge < -0.3 is 5.32 Å². The summed E-state index contributed by atoms with van der Waals surface area (Å²) in [6.45, 7) is 9.57. The molecule has 0 saturated heterocycles. The second-order valence-corrected chi connectivity index (χ2v) is 4.79. The number of benzene rings is 1. The first-order chi connectivity index (χ1) is 8.08. The Labute approximate surface area is 104 Å². The van der Waals surface area contributed by atoms with Crippen LogP contribution in [0, 0.1) is 18.7 Å². The van der Waals surface area contributed by atoms with Gasteiger partial charge >= 0.3 is 0 Å². The maximum Gasteiger partial charge on any atom is 0.123 e. The standard InChI is InChI=1S/C15H24FN/c1-5-13(12(4)17-6-2)10-14-7-8-15(16)9-11(14)3/h7-9,12-13,17H,5-6,10H2,1-4H3. The Morgan fingerprint density at radius 1 is 1.29 bits per heavy atom. The van der Waals surface area contributed by atoms with Crippen molar-refractivity contribution in [3.63, 3.8) is 0 Å².